The van der Waals surface area contributed by atoms with Gasteiger partial charge in [0, 0.05) is 0 Å². The second kappa shape index (κ2) is 6.92. The van der Waals surface area contributed by atoms with Gasteiger partial charge in [-0.2, -0.15) is 0 Å². The van der Waals surface area contributed by atoms with Gasteiger partial charge in [0.25, 0.3) is 0 Å². The lowest BCUT2D eigenvalue weighted by molar-refractivity contribution is 0.0489. The van der Waals surface area contributed by atoms with Crippen LogP contribution in [-0.2, 0) is 4.74 Å². The Hall–Kier alpha value is -1.06. The maximum atomic E-state index is 6.16. The Kier molecular flexibility index (Phi) is 5.23. The fourth-order valence-corrected chi connectivity index (χ4v) is 2.46. The van der Waals surface area contributed by atoms with Gasteiger partial charge < -0.3 is 15.2 Å². The van der Waals surface area contributed by atoms with E-state index in [1.165, 1.54) is 25.7 Å². The summed E-state index contributed by atoms with van der Waals surface area (Å²) in [6, 6.07) is 7.96. The van der Waals surface area contributed by atoms with Gasteiger partial charge in [0.15, 0.2) is 0 Å². The summed E-state index contributed by atoms with van der Waals surface area (Å²) in [5.74, 6) is 0.891. The molecule has 1 aromatic carbocycles. The lowest BCUT2D eigenvalue weighted by Crippen LogP contribution is -2.20. The number of hydrogen-bond acceptors (Lipinski definition) is 3. The van der Waals surface area contributed by atoms with Crippen molar-refractivity contribution in [1.82, 2.24) is 0 Å². The van der Waals surface area contributed by atoms with Crippen molar-refractivity contribution in [2.45, 2.75) is 57.8 Å². The Balaban J connectivity index is 1.82. The number of hydrogen-bond donors (Lipinski definition) is 1. The van der Waals surface area contributed by atoms with E-state index in [4.69, 9.17) is 15.2 Å². The molecule has 0 radical (unpaired) electrons. The average Bonchev–Trinajstić information content (AvgIpc) is 2.89. The van der Waals surface area contributed by atoms with Crippen LogP contribution < -0.4 is 10.5 Å². The molecule has 1 unspecified atom stereocenters. The van der Waals surface area contributed by atoms with E-state index in [1.54, 1.807) is 0 Å². The molecule has 19 heavy (non-hydrogen) atoms. The highest BCUT2D eigenvalue weighted by Gasteiger charge is 2.17. The van der Waals surface area contributed by atoms with Crippen molar-refractivity contribution < 1.29 is 9.47 Å². The highest BCUT2D eigenvalue weighted by Crippen LogP contribution is 2.23. The minimum absolute atomic E-state index is 0.0475. The van der Waals surface area contributed by atoms with Crippen LogP contribution in [0.3, 0.4) is 0 Å². The normalized spacial score (nSPS) is 17.9. The summed E-state index contributed by atoms with van der Waals surface area (Å²) in [6.45, 7) is 4.65. The third kappa shape index (κ3) is 4.51. The highest BCUT2D eigenvalue weighted by molar-refractivity contribution is 5.29. The first kappa shape index (κ1) is 14.4. The highest BCUT2D eigenvalue weighted by atomic mass is 16.5. The summed E-state index contributed by atoms with van der Waals surface area (Å²) in [7, 11) is 0. The van der Waals surface area contributed by atoms with Gasteiger partial charge in [-0.1, -0.05) is 25.0 Å². The Morgan fingerprint density at radius 1 is 1.16 bits per heavy atom. The van der Waals surface area contributed by atoms with Gasteiger partial charge in [0.05, 0.1) is 24.9 Å². The molecule has 2 N–H and O–H groups in total. The molecule has 2 rings (SSSR count). The van der Waals surface area contributed by atoms with Gasteiger partial charge in [-0.25, -0.2) is 0 Å². The second-order valence-corrected chi connectivity index (χ2v) is 5.58. The predicted octanol–water partition coefficient (Wildman–Crippen LogP) is 3.43. The van der Waals surface area contributed by atoms with E-state index in [2.05, 4.69) is 0 Å². The Morgan fingerprint density at radius 2 is 1.79 bits per heavy atom. The van der Waals surface area contributed by atoms with Crippen LogP contribution in [0.2, 0.25) is 0 Å². The third-order valence-corrected chi connectivity index (χ3v) is 3.49. The summed E-state index contributed by atoms with van der Waals surface area (Å²) in [5.41, 5.74) is 7.26. The predicted molar refractivity (Wildman–Crippen MR) is 77.3 cm³/mol. The van der Waals surface area contributed by atoms with Crippen molar-refractivity contribution in [1.29, 1.82) is 0 Å². The molecule has 1 saturated carbocycles. The number of rotatable bonds is 6. The number of ether oxygens (including phenoxy) is 2. The fraction of sp³-hybridized carbons (Fsp3) is 0.625. The number of nitrogens with two attached hydrogens (primary N) is 1. The molecule has 1 fully saturated rings. The molecule has 0 spiro atoms. The maximum absolute atomic E-state index is 6.16. The third-order valence-electron chi connectivity index (χ3n) is 3.49. The van der Waals surface area contributed by atoms with E-state index in [1.807, 2.05) is 38.1 Å². The van der Waals surface area contributed by atoms with Crippen molar-refractivity contribution >= 4 is 0 Å². The molecule has 0 aliphatic heterocycles. The van der Waals surface area contributed by atoms with E-state index < -0.39 is 0 Å². The van der Waals surface area contributed by atoms with Crippen LogP contribution in [0.15, 0.2) is 24.3 Å². The number of benzene rings is 1. The van der Waals surface area contributed by atoms with E-state index in [-0.39, 0.29) is 12.1 Å². The van der Waals surface area contributed by atoms with E-state index >= 15 is 0 Å². The minimum Gasteiger partial charge on any atom is -0.491 e. The molecule has 3 nitrogen and oxygen atoms in total. The van der Waals surface area contributed by atoms with Crippen molar-refractivity contribution in [2.24, 2.45) is 5.73 Å². The summed E-state index contributed by atoms with van der Waals surface area (Å²) in [5, 5.41) is 0. The average molecular weight is 263 g/mol. The van der Waals surface area contributed by atoms with Crippen LogP contribution in [0.1, 0.15) is 51.1 Å². The van der Waals surface area contributed by atoms with Crippen LogP contribution in [0, 0.1) is 0 Å². The Morgan fingerprint density at radius 3 is 2.37 bits per heavy atom. The van der Waals surface area contributed by atoms with Crippen LogP contribution in [0.5, 0.6) is 5.75 Å². The monoisotopic (exact) mass is 263 g/mol. The minimum atomic E-state index is -0.0475. The van der Waals surface area contributed by atoms with Crippen LogP contribution in [0.25, 0.3) is 0 Å². The van der Waals surface area contributed by atoms with Gasteiger partial charge in [-0.15, -0.1) is 0 Å². The van der Waals surface area contributed by atoms with E-state index in [0.717, 1.165) is 11.3 Å². The first-order valence-electron chi connectivity index (χ1n) is 7.29. The zero-order chi connectivity index (χ0) is 13.7. The van der Waals surface area contributed by atoms with E-state index in [0.29, 0.717) is 12.7 Å². The molecular formula is C16H25NO2. The first-order valence-corrected chi connectivity index (χ1v) is 7.29. The smallest absolute Gasteiger partial charge is 0.119 e. The molecule has 0 heterocycles. The van der Waals surface area contributed by atoms with Gasteiger partial charge in [0.2, 0.25) is 0 Å². The van der Waals surface area contributed by atoms with Gasteiger partial charge in [-0.3, -0.25) is 0 Å². The molecule has 1 atom stereocenters. The maximum Gasteiger partial charge on any atom is 0.119 e. The largest absolute Gasteiger partial charge is 0.491 e. The zero-order valence-corrected chi connectivity index (χ0v) is 12.0. The van der Waals surface area contributed by atoms with Crippen molar-refractivity contribution in [3.8, 4) is 5.75 Å². The SMILES string of the molecule is CC(C)Oc1ccc(C(N)COC2CCCC2)cc1. The topological polar surface area (TPSA) is 44.5 Å². The molecule has 3 heteroatoms. The lowest BCUT2D eigenvalue weighted by atomic mass is 10.1. The van der Waals surface area contributed by atoms with Crippen LogP contribution >= 0.6 is 0 Å². The summed E-state index contributed by atoms with van der Waals surface area (Å²) >= 11 is 0. The van der Waals surface area contributed by atoms with Crippen LogP contribution in [-0.4, -0.2) is 18.8 Å². The molecule has 0 bridgehead atoms. The summed E-state index contributed by atoms with van der Waals surface area (Å²) in [6.07, 6.45) is 5.59. The zero-order valence-electron chi connectivity index (χ0n) is 12.0. The standard InChI is InChI=1S/C16H25NO2/c1-12(2)19-15-9-7-13(8-10-15)16(17)11-18-14-5-3-4-6-14/h7-10,12,14,16H,3-6,11,17H2,1-2H3. The molecule has 1 aromatic rings. The molecule has 1 aliphatic rings. The van der Waals surface area contributed by atoms with Gasteiger partial charge >= 0.3 is 0 Å². The molecule has 0 amide bonds. The lowest BCUT2D eigenvalue weighted by Gasteiger charge is -2.17. The summed E-state index contributed by atoms with van der Waals surface area (Å²) < 4.78 is 11.5. The van der Waals surface area contributed by atoms with Crippen molar-refractivity contribution in [3.05, 3.63) is 29.8 Å². The van der Waals surface area contributed by atoms with Crippen molar-refractivity contribution in [2.75, 3.05) is 6.61 Å². The quantitative estimate of drug-likeness (QED) is 0.855. The van der Waals surface area contributed by atoms with Gasteiger partial charge in [0.1, 0.15) is 5.75 Å². The van der Waals surface area contributed by atoms with Gasteiger partial charge in [-0.05, 0) is 44.4 Å². The Bertz CT molecular complexity index is 369. The first-order chi connectivity index (χ1) is 9.15. The fourth-order valence-electron chi connectivity index (χ4n) is 2.46. The van der Waals surface area contributed by atoms with Crippen molar-refractivity contribution in [3.63, 3.8) is 0 Å². The second-order valence-electron chi connectivity index (χ2n) is 5.58. The van der Waals surface area contributed by atoms with Crippen LogP contribution in [0.4, 0.5) is 0 Å². The Labute approximate surface area is 116 Å². The molecule has 0 saturated heterocycles. The van der Waals surface area contributed by atoms with E-state index in [9.17, 15) is 0 Å². The molecule has 1 aliphatic carbocycles. The molecular weight excluding hydrogens is 238 g/mol. The molecule has 0 aromatic heterocycles. The molecule has 106 valence electrons. The summed E-state index contributed by atoms with van der Waals surface area (Å²) in [4.78, 5) is 0.